The molecular weight excluding hydrogens is 258 g/mol. The summed E-state index contributed by atoms with van der Waals surface area (Å²) in [6.45, 7) is 1.97. The second kappa shape index (κ2) is 7.31. The topological polar surface area (TPSA) is 79.7 Å². The van der Waals surface area contributed by atoms with Crippen molar-refractivity contribution in [1.29, 1.82) is 0 Å². The van der Waals surface area contributed by atoms with Gasteiger partial charge in [0.15, 0.2) is 0 Å². The number of pyridine rings is 1. The Labute approximate surface area is 110 Å². The molecule has 0 fully saturated rings. The van der Waals surface area contributed by atoms with E-state index in [0.29, 0.717) is 5.56 Å². The van der Waals surface area contributed by atoms with Gasteiger partial charge in [-0.2, -0.15) is 0 Å². The van der Waals surface area contributed by atoms with Crippen LogP contribution in [0.3, 0.4) is 0 Å². The van der Waals surface area contributed by atoms with Crippen LogP contribution in [-0.4, -0.2) is 39.8 Å². The minimum atomic E-state index is -1.12. The molecule has 1 rings (SSSR count). The number of hydrogen-bond acceptors (Lipinski definition) is 5. The molecule has 0 spiro atoms. The molecule has 1 aromatic rings. The van der Waals surface area contributed by atoms with Crippen molar-refractivity contribution in [1.82, 2.24) is 4.98 Å². The van der Waals surface area contributed by atoms with E-state index in [4.69, 9.17) is 16.3 Å². The van der Waals surface area contributed by atoms with E-state index in [1.54, 1.807) is 6.92 Å². The lowest BCUT2D eigenvalue weighted by molar-refractivity contribution is 0.0166. The number of nitrogens with zero attached hydrogens (tertiary/aromatic N) is 1. The lowest BCUT2D eigenvalue weighted by Crippen LogP contribution is -2.19. The molecule has 2 N–H and O–H groups in total. The molecule has 0 aliphatic rings. The summed E-state index contributed by atoms with van der Waals surface area (Å²) in [5.74, 6) is -0.269. The van der Waals surface area contributed by atoms with Crippen LogP contribution in [0.15, 0.2) is 18.5 Å². The molecule has 5 nitrogen and oxygen atoms in total. The molecule has 0 aromatic carbocycles. The van der Waals surface area contributed by atoms with Crippen LogP contribution < -0.4 is 0 Å². The van der Waals surface area contributed by atoms with Crippen LogP contribution in [0.1, 0.15) is 35.4 Å². The van der Waals surface area contributed by atoms with Crippen molar-refractivity contribution in [2.75, 3.05) is 12.5 Å². The third-order valence-electron chi connectivity index (χ3n) is 2.38. The fraction of sp³-hybridized carbons (Fsp3) is 0.500. The van der Waals surface area contributed by atoms with E-state index in [1.165, 1.54) is 18.5 Å². The summed E-state index contributed by atoms with van der Waals surface area (Å²) >= 11 is 5.49. The van der Waals surface area contributed by atoms with Gasteiger partial charge in [0.2, 0.25) is 0 Å². The van der Waals surface area contributed by atoms with Gasteiger partial charge in [-0.05, 0) is 19.4 Å². The number of hydrogen-bond donors (Lipinski definition) is 2. The quantitative estimate of drug-likeness (QED) is 0.603. The summed E-state index contributed by atoms with van der Waals surface area (Å²) in [5, 5.41) is 19.5. The molecule has 18 heavy (non-hydrogen) atoms. The van der Waals surface area contributed by atoms with Crippen LogP contribution in [0.25, 0.3) is 0 Å². The number of esters is 1. The zero-order chi connectivity index (χ0) is 13.5. The first kappa shape index (κ1) is 14.9. The Morgan fingerprint density at radius 2 is 2.22 bits per heavy atom. The summed E-state index contributed by atoms with van der Waals surface area (Å²) in [6.07, 6.45) is 0.895. The van der Waals surface area contributed by atoms with Crippen molar-refractivity contribution >= 4 is 17.6 Å². The van der Waals surface area contributed by atoms with Crippen molar-refractivity contribution in [2.45, 2.75) is 25.6 Å². The van der Waals surface area contributed by atoms with E-state index in [1.807, 2.05) is 0 Å². The molecule has 0 saturated heterocycles. The number of alkyl halides is 1. The molecule has 1 aromatic heterocycles. The highest BCUT2D eigenvalue weighted by molar-refractivity contribution is 6.17. The van der Waals surface area contributed by atoms with Gasteiger partial charge in [-0.15, -0.1) is 11.6 Å². The average Bonchev–Trinajstić information content (AvgIpc) is 2.38. The van der Waals surface area contributed by atoms with Crippen molar-refractivity contribution in [3.63, 3.8) is 0 Å². The van der Waals surface area contributed by atoms with Crippen molar-refractivity contribution < 1.29 is 19.7 Å². The Morgan fingerprint density at radius 1 is 1.50 bits per heavy atom. The first-order valence-electron chi connectivity index (χ1n) is 5.64. The fourth-order valence-corrected chi connectivity index (χ4v) is 1.66. The van der Waals surface area contributed by atoms with Gasteiger partial charge in [0, 0.05) is 23.8 Å². The van der Waals surface area contributed by atoms with Crippen LogP contribution >= 0.6 is 11.6 Å². The van der Waals surface area contributed by atoms with Gasteiger partial charge in [0.1, 0.15) is 6.10 Å². The first-order valence-corrected chi connectivity index (χ1v) is 6.17. The van der Waals surface area contributed by atoms with Crippen LogP contribution in [0, 0.1) is 0 Å². The van der Waals surface area contributed by atoms with Crippen molar-refractivity contribution in [3.05, 3.63) is 29.6 Å². The van der Waals surface area contributed by atoms with Gasteiger partial charge in [0.05, 0.1) is 18.3 Å². The predicted octanol–water partition coefficient (Wildman–Crippen LogP) is 1.28. The van der Waals surface area contributed by atoms with Gasteiger partial charge >= 0.3 is 5.97 Å². The van der Waals surface area contributed by atoms with E-state index < -0.39 is 18.2 Å². The molecule has 0 radical (unpaired) electrons. The second-order valence-corrected chi connectivity index (χ2v) is 4.10. The van der Waals surface area contributed by atoms with Crippen LogP contribution in [0.5, 0.6) is 0 Å². The number of aliphatic hydroxyl groups excluding tert-OH is 2. The number of aromatic nitrogens is 1. The van der Waals surface area contributed by atoms with Crippen LogP contribution in [-0.2, 0) is 4.74 Å². The van der Waals surface area contributed by atoms with Crippen LogP contribution in [0.2, 0.25) is 0 Å². The van der Waals surface area contributed by atoms with E-state index in [2.05, 4.69) is 4.98 Å². The minimum absolute atomic E-state index is 0.239. The molecule has 0 aliphatic heterocycles. The Hall–Kier alpha value is -1.17. The van der Waals surface area contributed by atoms with Crippen LogP contribution in [0.4, 0.5) is 0 Å². The Kier molecular flexibility index (Phi) is 6.04. The van der Waals surface area contributed by atoms with Crippen molar-refractivity contribution in [2.24, 2.45) is 0 Å². The molecule has 0 amide bonds. The number of carbonyl (C=O) groups excluding carboxylic acids is 1. The van der Waals surface area contributed by atoms with E-state index in [9.17, 15) is 15.0 Å². The summed E-state index contributed by atoms with van der Waals surface area (Å²) in [7, 11) is 0. The minimum Gasteiger partial charge on any atom is -0.462 e. The lowest BCUT2D eigenvalue weighted by atomic mass is 10.0. The third kappa shape index (κ3) is 3.94. The molecule has 6 heteroatoms. The highest BCUT2D eigenvalue weighted by atomic mass is 35.5. The largest absolute Gasteiger partial charge is 0.462 e. The second-order valence-electron chi connectivity index (χ2n) is 3.72. The molecule has 100 valence electrons. The van der Waals surface area contributed by atoms with Crippen molar-refractivity contribution in [3.8, 4) is 0 Å². The van der Waals surface area contributed by atoms with Gasteiger partial charge < -0.3 is 14.9 Å². The average molecular weight is 274 g/mol. The van der Waals surface area contributed by atoms with Gasteiger partial charge in [-0.25, -0.2) is 4.79 Å². The highest BCUT2D eigenvalue weighted by Crippen LogP contribution is 2.19. The Bertz CT molecular complexity index is 399. The summed E-state index contributed by atoms with van der Waals surface area (Å²) in [6, 6.07) is 1.45. The number of halogens is 1. The Morgan fingerprint density at radius 3 is 2.83 bits per heavy atom. The maximum atomic E-state index is 11.5. The number of rotatable bonds is 6. The standard InChI is InChI=1S/C12H16ClNO4/c1-2-18-12(17)9-5-8(6-14-7-9)11(16)10(15)3-4-13/h5-7,10-11,15-16H,2-4H2,1H3. The zero-order valence-electron chi connectivity index (χ0n) is 10.0. The van der Waals surface area contributed by atoms with Gasteiger partial charge in [0.25, 0.3) is 0 Å². The number of carbonyl (C=O) groups is 1. The molecular formula is C12H16ClNO4. The molecule has 0 saturated carbocycles. The molecule has 1 heterocycles. The van der Waals surface area contributed by atoms with Gasteiger partial charge in [-0.1, -0.05) is 0 Å². The monoisotopic (exact) mass is 273 g/mol. The number of aliphatic hydroxyl groups is 2. The Balaban J connectivity index is 2.84. The maximum absolute atomic E-state index is 11.5. The van der Waals surface area contributed by atoms with E-state index >= 15 is 0 Å². The van der Waals surface area contributed by atoms with E-state index in [0.717, 1.165) is 0 Å². The predicted molar refractivity (Wildman–Crippen MR) is 66.5 cm³/mol. The molecule has 0 bridgehead atoms. The smallest absolute Gasteiger partial charge is 0.339 e. The zero-order valence-corrected chi connectivity index (χ0v) is 10.8. The fourth-order valence-electron chi connectivity index (χ4n) is 1.44. The summed E-state index contributed by atoms with van der Waals surface area (Å²) in [4.78, 5) is 15.3. The SMILES string of the molecule is CCOC(=O)c1cncc(C(O)C(O)CCCl)c1. The normalized spacial score (nSPS) is 14.0. The first-order chi connectivity index (χ1) is 8.60. The molecule has 2 unspecified atom stereocenters. The third-order valence-corrected chi connectivity index (χ3v) is 2.60. The highest BCUT2D eigenvalue weighted by Gasteiger charge is 2.19. The van der Waals surface area contributed by atoms with E-state index in [-0.39, 0.29) is 24.5 Å². The molecule has 0 aliphatic carbocycles. The lowest BCUT2D eigenvalue weighted by Gasteiger charge is -2.17. The number of ether oxygens (including phenoxy) is 1. The summed E-state index contributed by atoms with van der Waals surface area (Å²) in [5.41, 5.74) is 0.602. The van der Waals surface area contributed by atoms with Gasteiger partial charge in [-0.3, -0.25) is 4.98 Å². The summed E-state index contributed by atoms with van der Waals surface area (Å²) < 4.78 is 4.83. The molecule has 2 atom stereocenters. The maximum Gasteiger partial charge on any atom is 0.339 e.